The first-order chi connectivity index (χ1) is 8.36. The molecule has 0 heterocycles. The Hall–Kier alpha value is -1.04. The average molecular weight is 230 g/mol. The van der Waals surface area contributed by atoms with Crippen LogP contribution in [0.2, 0.25) is 0 Å². The third-order valence-corrected chi connectivity index (χ3v) is 3.23. The Bertz CT molecular complexity index is 297. The molecule has 0 aliphatic heterocycles. The second kappa shape index (κ2) is 9.04. The molecule has 0 heteroatoms. The fourth-order valence-electron chi connectivity index (χ4n) is 2.29. The van der Waals surface area contributed by atoms with Gasteiger partial charge in [0, 0.05) is 0 Å². The molecular weight excluding hydrogens is 204 g/mol. The molecule has 0 aromatic heterocycles. The van der Waals surface area contributed by atoms with Gasteiger partial charge in [-0.3, -0.25) is 0 Å². The highest BCUT2D eigenvalue weighted by molar-refractivity contribution is 5.16. The van der Waals surface area contributed by atoms with Crippen LogP contribution in [0.4, 0.5) is 0 Å². The van der Waals surface area contributed by atoms with Crippen LogP contribution in [0.1, 0.15) is 51.5 Å². The molecule has 0 aliphatic rings. The monoisotopic (exact) mass is 230 g/mol. The van der Waals surface area contributed by atoms with E-state index in [1.165, 1.54) is 44.1 Å². The number of rotatable bonds is 8. The Morgan fingerprint density at radius 2 is 1.82 bits per heavy atom. The molecule has 1 unspecified atom stereocenters. The first-order valence-corrected chi connectivity index (χ1v) is 7.03. The van der Waals surface area contributed by atoms with E-state index < -0.39 is 0 Å². The molecule has 0 saturated carbocycles. The van der Waals surface area contributed by atoms with Gasteiger partial charge >= 0.3 is 0 Å². The van der Waals surface area contributed by atoms with Crippen LogP contribution in [0.3, 0.4) is 0 Å². The highest BCUT2D eigenvalue weighted by atomic mass is 14.1. The van der Waals surface area contributed by atoms with E-state index in [1.807, 2.05) is 0 Å². The van der Waals surface area contributed by atoms with E-state index in [-0.39, 0.29) is 0 Å². The lowest BCUT2D eigenvalue weighted by Gasteiger charge is -2.12. The van der Waals surface area contributed by atoms with Crippen molar-refractivity contribution in [3.63, 3.8) is 0 Å². The maximum atomic E-state index is 2.37. The maximum absolute atomic E-state index is 2.37. The third-order valence-electron chi connectivity index (χ3n) is 3.23. The average Bonchev–Trinajstić information content (AvgIpc) is 2.36. The predicted octanol–water partition coefficient (Wildman–Crippen LogP) is 5.39. The van der Waals surface area contributed by atoms with Crippen LogP contribution in [0.5, 0.6) is 0 Å². The van der Waals surface area contributed by atoms with Crippen molar-refractivity contribution in [1.29, 1.82) is 0 Å². The van der Waals surface area contributed by atoms with E-state index in [9.17, 15) is 0 Å². The van der Waals surface area contributed by atoms with Gasteiger partial charge in [0.1, 0.15) is 0 Å². The van der Waals surface area contributed by atoms with Crippen LogP contribution in [0.25, 0.3) is 0 Å². The zero-order chi connectivity index (χ0) is 12.3. The van der Waals surface area contributed by atoms with E-state index in [0.29, 0.717) is 0 Å². The van der Waals surface area contributed by atoms with Crippen molar-refractivity contribution in [2.75, 3.05) is 0 Å². The van der Waals surface area contributed by atoms with Crippen molar-refractivity contribution in [2.24, 2.45) is 5.92 Å². The normalized spacial score (nSPS) is 13.1. The largest absolute Gasteiger partial charge is 0.0914 e. The standard InChI is InChI=1S/C17H26/c1-3-5-6-8-12-16(11-4-2)15-17-13-9-7-10-14-17/h4,7,9-11,13-14,16H,3,5-6,8,12,15H2,1-2H3. The molecule has 17 heavy (non-hydrogen) atoms. The predicted molar refractivity (Wildman–Crippen MR) is 77.2 cm³/mol. The molecule has 0 saturated heterocycles. The Morgan fingerprint density at radius 1 is 1.06 bits per heavy atom. The molecule has 0 amide bonds. The first kappa shape index (κ1) is 14.0. The van der Waals surface area contributed by atoms with Crippen LogP contribution in [-0.4, -0.2) is 0 Å². The van der Waals surface area contributed by atoms with Crippen LogP contribution in [-0.2, 0) is 6.42 Å². The van der Waals surface area contributed by atoms with Crippen molar-refractivity contribution in [3.05, 3.63) is 48.0 Å². The number of hydrogen-bond donors (Lipinski definition) is 0. The molecule has 1 rings (SSSR count). The highest BCUT2D eigenvalue weighted by Crippen LogP contribution is 2.17. The molecule has 0 N–H and O–H groups in total. The van der Waals surface area contributed by atoms with Crippen molar-refractivity contribution in [3.8, 4) is 0 Å². The summed E-state index contributed by atoms with van der Waals surface area (Å²) in [4.78, 5) is 0. The minimum atomic E-state index is 0.722. The summed E-state index contributed by atoms with van der Waals surface area (Å²) in [5.41, 5.74) is 1.46. The van der Waals surface area contributed by atoms with Crippen molar-refractivity contribution in [1.82, 2.24) is 0 Å². The maximum Gasteiger partial charge on any atom is -0.0193 e. The van der Waals surface area contributed by atoms with Crippen molar-refractivity contribution < 1.29 is 0 Å². The lowest BCUT2D eigenvalue weighted by molar-refractivity contribution is 0.527. The van der Waals surface area contributed by atoms with E-state index >= 15 is 0 Å². The van der Waals surface area contributed by atoms with Crippen LogP contribution in [0, 0.1) is 5.92 Å². The van der Waals surface area contributed by atoms with Gasteiger partial charge in [0.25, 0.3) is 0 Å². The Morgan fingerprint density at radius 3 is 2.47 bits per heavy atom. The van der Waals surface area contributed by atoms with Gasteiger partial charge in [-0.2, -0.15) is 0 Å². The lowest BCUT2D eigenvalue weighted by Crippen LogP contribution is -2.01. The van der Waals surface area contributed by atoms with Crippen molar-refractivity contribution >= 4 is 0 Å². The first-order valence-electron chi connectivity index (χ1n) is 7.03. The molecule has 0 nitrogen and oxygen atoms in total. The second-order valence-electron chi connectivity index (χ2n) is 4.82. The molecule has 0 bridgehead atoms. The molecule has 94 valence electrons. The summed E-state index contributed by atoms with van der Waals surface area (Å²) < 4.78 is 0. The number of hydrogen-bond acceptors (Lipinski definition) is 0. The van der Waals surface area contributed by atoms with E-state index in [2.05, 4.69) is 56.3 Å². The summed E-state index contributed by atoms with van der Waals surface area (Å²) in [6.45, 7) is 4.40. The molecule has 0 fully saturated rings. The van der Waals surface area contributed by atoms with E-state index in [4.69, 9.17) is 0 Å². The third kappa shape index (κ3) is 6.31. The topological polar surface area (TPSA) is 0 Å². The zero-order valence-corrected chi connectivity index (χ0v) is 11.4. The number of benzene rings is 1. The fraction of sp³-hybridized carbons (Fsp3) is 0.529. The van der Waals surface area contributed by atoms with Gasteiger partial charge in [-0.1, -0.05) is 75.1 Å². The molecule has 0 aliphatic carbocycles. The molecule has 0 spiro atoms. The van der Waals surface area contributed by atoms with Gasteiger partial charge in [-0.15, -0.1) is 0 Å². The van der Waals surface area contributed by atoms with Crippen LogP contribution in [0.15, 0.2) is 42.5 Å². The summed E-state index contributed by atoms with van der Waals surface area (Å²) >= 11 is 0. The van der Waals surface area contributed by atoms with Gasteiger partial charge < -0.3 is 0 Å². The Balaban J connectivity index is 2.38. The Kier molecular flexibility index (Phi) is 7.46. The van der Waals surface area contributed by atoms with Gasteiger partial charge in [-0.25, -0.2) is 0 Å². The molecule has 0 radical (unpaired) electrons. The Labute approximate surface area is 107 Å². The molecule has 1 aromatic rings. The smallest absolute Gasteiger partial charge is 0.0193 e. The highest BCUT2D eigenvalue weighted by Gasteiger charge is 2.05. The van der Waals surface area contributed by atoms with Gasteiger partial charge in [0.15, 0.2) is 0 Å². The SMILES string of the molecule is CC=CC(CCCCCC)Cc1ccccc1. The number of unbranched alkanes of at least 4 members (excludes halogenated alkanes) is 3. The summed E-state index contributed by atoms with van der Waals surface area (Å²) in [6, 6.07) is 10.8. The molecule has 1 aromatic carbocycles. The minimum Gasteiger partial charge on any atom is -0.0914 e. The van der Waals surface area contributed by atoms with E-state index in [1.54, 1.807) is 0 Å². The summed E-state index contributed by atoms with van der Waals surface area (Å²) in [5, 5.41) is 0. The number of allylic oxidation sites excluding steroid dienone is 2. The summed E-state index contributed by atoms with van der Waals surface area (Å²) in [5.74, 6) is 0.722. The van der Waals surface area contributed by atoms with Gasteiger partial charge in [0.2, 0.25) is 0 Å². The molecule has 1 atom stereocenters. The second-order valence-corrected chi connectivity index (χ2v) is 4.82. The quantitative estimate of drug-likeness (QED) is 0.415. The van der Waals surface area contributed by atoms with Crippen LogP contribution < -0.4 is 0 Å². The van der Waals surface area contributed by atoms with Crippen LogP contribution >= 0.6 is 0 Å². The van der Waals surface area contributed by atoms with Gasteiger partial charge in [0.05, 0.1) is 0 Å². The van der Waals surface area contributed by atoms with E-state index in [0.717, 1.165) is 5.92 Å². The fourth-order valence-corrected chi connectivity index (χ4v) is 2.29. The lowest BCUT2D eigenvalue weighted by atomic mass is 9.93. The minimum absolute atomic E-state index is 0.722. The summed E-state index contributed by atoms with van der Waals surface area (Å²) in [7, 11) is 0. The molecular formula is C17H26. The van der Waals surface area contributed by atoms with Gasteiger partial charge in [-0.05, 0) is 31.2 Å². The van der Waals surface area contributed by atoms with Crippen molar-refractivity contribution in [2.45, 2.75) is 52.4 Å². The summed E-state index contributed by atoms with van der Waals surface area (Å²) in [6.07, 6.45) is 12.6. The zero-order valence-electron chi connectivity index (χ0n) is 11.4.